The van der Waals surface area contributed by atoms with Gasteiger partial charge in [0.15, 0.2) is 0 Å². The normalized spacial score (nSPS) is 14.2. The Morgan fingerprint density at radius 1 is 0.477 bits per heavy atom. The lowest BCUT2D eigenvalue weighted by Gasteiger charge is -2.36. The van der Waals surface area contributed by atoms with E-state index in [1.54, 1.807) is 0 Å². The number of carbonyl (C=O) groups is 2. The van der Waals surface area contributed by atoms with Gasteiger partial charge in [-0.2, -0.15) is 52.7 Å². The summed E-state index contributed by atoms with van der Waals surface area (Å²) in [5, 5.41) is 0. The highest BCUT2D eigenvalue weighted by Gasteiger charge is 2.76. The number of hydrogen-bond acceptors (Lipinski definition) is 8. The number of hydrogen-bond donors (Lipinski definition) is 0. The van der Waals surface area contributed by atoms with E-state index >= 15 is 0 Å². The van der Waals surface area contributed by atoms with Gasteiger partial charge in [0.1, 0.15) is 0 Å². The number of alkyl halides is 12. The topological polar surface area (TPSA) is 121 Å². The Hall–Kier alpha value is -3.56. The molecule has 0 spiro atoms. The fourth-order valence-electron chi connectivity index (χ4n) is 3.72. The summed E-state index contributed by atoms with van der Waals surface area (Å²) in [5.74, 6) is -4.15. The fourth-order valence-corrected chi connectivity index (χ4v) is 7.35. The summed E-state index contributed by atoms with van der Waals surface area (Å²) in [5.41, 5.74) is -14.5. The van der Waals surface area contributed by atoms with Gasteiger partial charge in [-0.25, -0.2) is 16.8 Å². The first-order chi connectivity index (χ1) is 19.5. The average Bonchev–Trinajstić information content (AvgIpc) is 2.82. The standard InChI is InChI=1S/C22H14F12O8S2/c1-11(35)41-17(19(23,24)25,20(26,27)28)13-3-7-15(8-4-13)43(37,38)44(39,40)16-9-5-14(6-10-16)18(21(29,30)31,22(32,33)34)42-12(2)36/h3-10H,1-2H3. The van der Waals surface area contributed by atoms with E-state index in [4.69, 9.17) is 0 Å². The van der Waals surface area contributed by atoms with Gasteiger partial charge in [0, 0.05) is 25.0 Å². The molecule has 0 saturated carbocycles. The second-order valence-electron chi connectivity index (χ2n) is 8.50. The molecular weight excluding hydrogens is 684 g/mol. The van der Waals surface area contributed by atoms with Gasteiger partial charge in [-0.15, -0.1) is 0 Å². The van der Waals surface area contributed by atoms with Gasteiger partial charge in [-0.1, -0.05) is 24.3 Å². The Bertz CT molecular complexity index is 1470. The third kappa shape index (κ3) is 5.92. The summed E-state index contributed by atoms with van der Waals surface area (Å²) in [6.07, 6.45) is -25.6. The smallest absolute Gasteiger partial charge is 0.435 e. The van der Waals surface area contributed by atoms with Gasteiger partial charge in [-0.3, -0.25) is 9.59 Å². The molecular formula is C22H14F12O8S2. The van der Waals surface area contributed by atoms with E-state index in [1.165, 1.54) is 0 Å². The molecule has 0 radical (unpaired) electrons. The lowest BCUT2D eigenvalue weighted by molar-refractivity contribution is -0.377. The van der Waals surface area contributed by atoms with E-state index in [-0.39, 0.29) is 62.4 Å². The zero-order valence-corrected chi connectivity index (χ0v) is 22.9. The third-order valence-electron chi connectivity index (χ3n) is 5.58. The molecule has 0 amide bonds. The number of rotatable bonds is 7. The van der Waals surface area contributed by atoms with Gasteiger partial charge in [-0.05, 0) is 24.3 Å². The van der Waals surface area contributed by atoms with E-state index in [0.717, 1.165) is 0 Å². The SMILES string of the molecule is CC(=O)OC(c1ccc(S(=O)(=O)S(=O)(=O)c2ccc(C(OC(C)=O)(C(F)(F)F)C(F)(F)F)cc2)cc1)(C(F)(F)F)C(F)(F)F. The maximum Gasteiger partial charge on any atom is 0.442 e. The molecule has 2 aromatic carbocycles. The quantitative estimate of drug-likeness (QED) is 0.208. The predicted molar refractivity (Wildman–Crippen MR) is 118 cm³/mol. The first kappa shape index (κ1) is 36.6. The van der Waals surface area contributed by atoms with Crippen molar-refractivity contribution < 1.29 is 88.6 Å². The van der Waals surface area contributed by atoms with Crippen LogP contribution in [-0.4, -0.2) is 53.5 Å². The maximum atomic E-state index is 13.6. The summed E-state index contributed by atoms with van der Waals surface area (Å²) in [4.78, 5) is 19.3. The minimum absolute atomic E-state index is 0.0641. The first-order valence-corrected chi connectivity index (χ1v) is 14.4. The second-order valence-corrected chi connectivity index (χ2v) is 13.9. The maximum absolute atomic E-state index is 13.6. The van der Waals surface area contributed by atoms with E-state index < -0.39 is 86.5 Å². The molecule has 0 heterocycles. The van der Waals surface area contributed by atoms with Crippen molar-refractivity contribution in [2.24, 2.45) is 0 Å². The molecule has 0 aromatic heterocycles. The summed E-state index contributed by atoms with van der Waals surface area (Å²) >= 11 is 0. The van der Waals surface area contributed by atoms with Gasteiger partial charge < -0.3 is 9.47 Å². The van der Waals surface area contributed by atoms with Crippen LogP contribution in [0.5, 0.6) is 0 Å². The first-order valence-electron chi connectivity index (χ1n) is 10.9. The van der Waals surface area contributed by atoms with Crippen LogP contribution >= 0.6 is 0 Å². The van der Waals surface area contributed by atoms with Crippen LogP contribution in [0.2, 0.25) is 0 Å². The van der Waals surface area contributed by atoms with Crippen LogP contribution in [0.3, 0.4) is 0 Å². The molecule has 0 aliphatic heterocycles. The second kappa shape index (κ2) is 11.1. The van der Waals surface area contributed by atoms with Crippen LogP contribution in [-0.2, 0) is 48.0 Å². The summed E-state index contributed by atoms with van der Waals surface area (Å²) in [6, 6.07) is -0.997. The Morgan fingerprint density at radius 2 is 0.682 bits per heavy atom. The Labute approximate surface area is 237 Å². The Morgan fingerprint density at radius 3 is 0.841 bits per heavy atom. The van der Waals surface area contributed by atoms with E-state index in [0.29, 0.717) is 0 Å². The molecule has 246 valence electrons. The third-order valence-corrected chi connectivity index (χ3v) is 10.7. The number of halogens is 12. The van der Waals surface area contributed by atoms with Crippen LogP contribution in [0.4, 0.5) is 52.7 Å². The van der Waals surface area contributed by atoms with Crippen LogP contribution in [0.1, 0.15) is 25.0 Å². The lowest BCUT2D eigenvalue weighted by Crippen LogP contribution is -2.56. The molecule has 0 bridgehead atoms. The molecule has 22 heteroatoms. The Kier molecular flexibility index (Phi) is 9.25. The van der Waals surface area contributed by atoms with Crippen molar-refractivity contribution in [3.8, 4) is 0 Å². The van der Waals surface area contributed by atoms with Crippen molar-refractivity contribution in [1.29, 1.82) is 0 Å². The monoisotopic (exact) mass is 698 g/mol. The van der Waals surface area contributed by atoms with Crippen molar-refractivity contribution in [3.05, 3.63) is 59.7 Å². The van der Waals surface area contributed by atoms with Gasteiger partial charge in [0.05, 0.1) is 9.79 Å². The summed E-state index contributed by atoms with van der Waals surface area (Å²) in [6.45, 7) is 0.394. The minimum atomic E-state index is -6.39. The summed E-state index contributed by atoms with van der Waals surface area (Å²) < 4.78 is 222. The van der Waals surface area contributed by atoms with Crippen LogP contribution in [0, 0.1) is 0 Å². The van der Waals surface area contributed by atoms with Crippen LogP contribution in [0.25, 0.3) is 0 Å². The molecule has 0 aliphatic carbocycles. The van der Waals surface area contributed by atoms with Gasteiger partial charge in [0.2, 0.25) is 0 Å². The largest absolute Gasteiger partial charge is 0.442 e. The molecule has 0 N–H and O–H groups in total. The van der Waals surface area contributed by atoms with E-state index in [2.05, 4.69) is 9.47 Å². The van der Waals surface area contributed by atoms with Crippen molar-refractivity contribution in [1.82, 2.24) is 0 Å². The van der Waals surface area contributed by atoms with Crippen molar-refractivity contribution in [2.75, 3.05) is 0 Å². The fraction of sp³-hybridized carbons (Fsp3) is 0.364. The van der Waals surface area contributed by atoms with E-state index in [9.17, 15) is 79.1 Å². The molecule has 8 nitrogen and oxygen atoms in total. The molecule has 0 fully saturated rings. The number of esters is 2. The minimum Gasteiger partial charge on any atom is -0.435 e. The van der Waals surface area contributed by atoms with E-state index in [1.807, 2.05) is 0 Å². The summed E-state index contributed by atoms with van der Waals surface area (Å²) in [7, 11) is -11.8. The number of ether oxygens (including phenoxy) is 2. The highest BCUT2D eigenvalue weighted by molar-refractivity contribution is 8.67. The molecule has 0 unspecified atom stereocenters. The van der Waals surface area contributed by atoms with Gasteiger partial charge >= 0.3 is 47.8 Å². The number of benzene rings is 2. The lowest BCUT2D eigenvalue weighted by atomic mass is 9.92. The molecule has 44 heavy (non-hydrogen) atoms. The molecule has 0 saturated heterocycles. The molecule has 2 aromatic rings. The molecule has 0 atom stereocenters. The van der Waals surface area contributed by atoms with Crippen LogP contribution in [0.15, 0.2) is 58.3 Å². The zero-order chi connectivity index (χ0) is 34.5. The average molecular weight is 698 g/mol. The Balaban J connectivity index is 2.70. The van der Waals surface area contributed by atoms with Crippen molar-refractivity contribution in [2.45, 2.75) is 59.5 Å². The molecule has 0 aliphatic rings. The highest BCUT2D eigenvalue weighted by Crippen LogP contribution is 2.54. The molecule has 2 rings (SSSR count). The highest BCUT2D eigenvalue weighted by atomic mass is 33.2. The number of carbonyl (C=O) groups excluding carboxylic acids is 2. The van der Waals surface area contributed by atoms with Crippen molar-refractivity contribution in [3.63, 3.8) is 0 Å². The predicted octanol–water partition coefficient (Wildman–Crippen LogP) is 5.62. The van der Waals surface area contributed by atoms with Gasteiger partial charge in [0.25, 0.3) is 17.7 Å². The zero-order valence-electron chi connectivity index (χ0n) is 21.2. The van der Waals surface area contributed by atoms with Crippen LogP contribution < -0.4 is 0 Å². The van der Waals surface area contributed by atoms with Crippen molar-refractivity contribution >= 4 is 29.7 Å².